The number of urea groups is 1. The first-order valence-corrected chi connectivity index (χ1v) is 15.2. The fourth-order valence-electron chi connectivity index (χ4n) is 4.13. The van der Waals surface area contributed by atoms with E-state index < -0.39 is 34.1 Å². The molecule has 4 N–H and O–H groups in total. The van der Waals surface area contributed by atoms with Crippen LogP contribution < -0.4 is 10.6 Å². The highest BCUT2D eigenvalue weighted by atomic mass is 32.3. The van der Waals surface area contributed by atoms with Crippen molar-refractivity contribution in [3.05, 3.63) is 83.1 Å². The SMILES string of the molecule is CCC(NC(=O)N1CC[SH](O)(=NC(=O)c2cncc(C#Cc3cccc(NC(=O)c4occc4C)c3)c2)CC1)C(=O)O. The molecule has 42 heavy (non-hydrogen) atoms. The summed E-state index contributed by atoms with van der Waals surface area (Å²) >= 11 is 0. The quantitative estimate of drug-likeness (QED) is 0.214. The Bertz CT molecular complexity index is 1630. The topological polar surface area (TPSA) is 174 Å². The molecule has 4 rings (SSSR count). The summed E-state index contributed by atoms with van der Waals surface area (Å²) < 4.78 is 20.3. The molecular formula is C29H31N5O7S. The van der Waals surface area contributed by atoms with Gasteiger partial charge < -0.3 is 29.6 Å². The number of nitrogens with one attached hydrogen (secondary N) is 2. The number of hydrogen-bond donors (Lipinski definition) is 5. The molecule has 1 saturated heterocycles. The van der Waals surface area contributed by atoms with Gasteiger partial charge in [-0.05, 0) is 43.7 Å². The molecular weight excluding hydrogens is 562 g/mol. The number of carboxylic acid groups (broad SMARTS) is 1. The number of nitrogens with zero attached hydrogens (tertiary/aromatic N) is 3. The van der Waals surface area contributed by atoms with Crippen LogP contribution in [0.4, 0.5) is 10.5 Å². The van der Waals surface area contributed by atoms with Crippen LogP contribution in [0.3, 0.4) is 0 Å². The van der Waals surface area contributed by atoms with E-state index in [0.29, 0.717) is 16.8 Å². The molecule has 1 aliphatic heterocycles. The predicted molar refractivity (Wildman–Crippen MR) is 158 cm³/mol. The van der Waals surface area contributed by atoms with E-state index in [0.717, 1.165) is 5.56 Å². The Morgan fingerprint density at radius 1 is 1.12 bits per heavy atom. The molecule has 13 heteroatoms. The molecule has 0 spiro atoms. The molecule has 1 aliphatic rings. The van der Waals surface area contributed by atoms with E-state index >= 15 is 0 Å². The lowest BCUT2D eigenvalue weighted by Crippen LogP contribution is -2.53. The van der Waals surface area contributed by atoms with Crippen molar-refractivity contribution in [1.82, 2.24) is 15.2 Å². The summed E-state index contributed by atoms with van der Waals surface area (Å²) in [6, 6.07) is 8.67. The third kappa shape index (κ3) is 7.68. The van der Waals surface area contributed by atoms with Crippen molar-refractivity contribution in [3.63, 3.8) is 0 Å². The van der Waals surface area contributed by atoms with E-state index in [1.807, 2.05) is 0 Å². The average molecular weight is 594 g/mol. The average Bonchev–Trinajstić information content (AvgIpc) is 3.41. The number of benzene rings is 1. The maximum absolute atomic E-state index is 12.9. The lowest BCUT2D eigenvalue weighted by atomic mass is 10.1. The number of carboxylic acids is 1. The maximum atomic E-state index is 12.9. The molecule has 0 bridgehead atoms. The molecule has 3 heterocycles. The van der Waals surface area contributed by atoms with Gasteiger partial charge in [-0.2, -0.15) is 4.36 Å². The highest BCUT2D eigenvalue weighted by Crippen LogP contribution is 2.17. The van der Waals surface area contributed by atoms with Crippen LogP contribution in [0, 0.1) is 18.8 Å². The van der Waals surface area contributed by atoms with Gasteiger partial charge in [0, 0.05) is 59.4 Å². The van der Waals surface area contributed by atoms with Gasteiger partial charge in [0.1, 0.15) is 6.04 Å². The van der Waals surface area contributed by atoms with Gasteiger partial charge in [0.25, 0.3) is 11.8 Å². The van der Waals surface area contributed by atoms with Gasteiger partial charge >= 0.3 is 12.0 Å². The first-order valence-electron chi connectivity index (χ1n) is 13.1. The van der Waals surface area contributed by atoms with Crippen LogP contribution in [0.5, 0.6) is 0 Å². The fourth-order valence-corrected chi connectivity index (χ4v) is 6.13. The molecule has 4 amide bonds. The molecule has 0 saturated carbocycles. The Morgan fingerprint density at radius 3 is 2.52 bits per heavy atom. The summed E-state index contributed by atoms with van der Waals surface area (Å²) in [5.74, 6) is 4.29. The molecule has 3 aromatic rings. The number of rotatable bonds is 6. The minimum Gasteiger partial charge on any atom is -0.480 e. The summed E-state index contributed by atoms with van der Waals surface area (Å²) in [6.45, 7) is 3.73. The highest BCUT2D eigenvalue weighted by molar-refractivity contribution is 8.00. The number of aromatic nitrogens is 1. The summed E-state index contributed by atoms with van der Waals surface area (Å²) in [4.78, 5) is 54.4. The van der Waals surface area contributed by atoms with Gasteiger partial charge in [0.15, 0.2) is 5.76 Å². The smallest absolute Gasteiger partial charge is 0.326 e. The number of aliphatic carboxylic acids is 1. The maximum Gasteiger partial charge on any atom is 0.326 e. The van der Waals surface area contributed by atoms with Gasteiger partial charge in [0.2, 0.25) is 0 Å². The molecule has 0 aliphatic carbocycles. The van der Waals surface area contributed by atoms with Crippen LogP contribution in [-0.4, -0.2) is 74.0 Å². The van der Waals surface area contributed by atoms with E-state index in [2.05, 4.69) is 31.8 Å². The Kier molecular flexibility index (Phi) is 9.51. The zero-order valence-electron chi connectivity index (χ0n) is 23.0. The zero-order chi connectivity index (χ0) is 30.3. The van der Waals surface area contributed by atoms with Gasteiger partial charge in [0.05, 0.1) is 11.8 Å². The van der Waals surface area contributed by atoms with Crippen molar-refractivity contribution >= 4 is 39.6 Å². The van der Waals surface area contributed by atoms with E-state index in [4.69, 9.17) is 9.52 Å². The standard InChI is InChI=1S/C29H31N5O7S/c1-3-24(28(37)38)32-29(39)34-10-13-42(40,14-11-34)33-26(35)22-15-21(17-30-18-22)8-7-20-5-4-6-23(16-20)31-27(36)25-19(2)9-12-41-25/h4-6,9,12,15-18,24,42H,3,10-11,13-14H2,1-2H3,(H,31,36)(H,32,39)(H,37,38)(H,33,35,40). The van der Waals surface area contributed by atoms with E-state index in [1.54, 1.807) is 44.2 Å². The van der Waals surface area contributed by atoms with Gasteiger partial charge in [-0.3, -0.25) is 14.6 Å². The van der Waals surface area contributed by atoms with Gasteiger partial charge in [-0.25, -0.2) is 9.59 Å². The van der Waals surface area contributed by atoms with E-state index in [9.17, 15) is 23.7 Å². The minimum atomic E-state index is -3.01. The number of carbonyl (C=O) groups excluding carboxylic acids is 3. The van der Waals surface area contributed by atoms with Crippen LogP contribution in [-0.2, 0) is 14.9 Å². The molecule has 12 nitrogen and oxygen atoms in total. The van der Waals surface area contributed by atoms with Crippen LogP contribution in [0.25, 0.3) is 0 Å². The van der Waals surface area contributed by atoms with Crippen molar-refractivity contribution in [1.29, 1.82) is 0 Å². The van der Waals surface area contributed by atoms with E-state index in [1.165, 1.54) is 29.6 Å². The fraction of sp³-hybridized carbons (Fsp3) is 0.276. The number of furan rings is 1. The lowest BCUT2D eigenvalue weighted by molar-refractivity contribution is -0.139. The third-order valence-electron chi connectivity index (χ3n) is 6.55. The Labute approximate surface area is 243 Å². The molecule has 2 aromatic heterocycles. The van der Waals surface area contributed by atoms with Crippen LogP contribution >= 0.6 is 0 Å². The molecule has 0 radical (unpaired) electrons. The summed E-state index contributed by atoms with van der Waals surface area (Å²) in [5.41, 5.74) is 2.50. The van der Waals surface area contributed by atoms with Gasteiger partial charge in [-0.1, -0.05) is 34.9 Å². The highest BCUT2D eigenvalue weighted by Gasteiger charge is 2.27. The first kappa shape index (κ1) is 30.2. The van der Waals surface area contributed by atoms with E-state index in [-0.39, 0.29) is 48.2 Å². The number of thiol groups is 1. The second kappa shape index (κ2) is 13.2. The number of hydrogen-bond acceptors (Lipinski definition) is 6. The van der Waals surface area contributed by atoms with Crippen LogP contribution in [0.15, 0.2) is 63.8 Å². The third-order valence-corrected chi connectivity index (χ3v) is 8.94. The van der Waals surface area contributed by atoms with Crippen molar-refractivity contribution in [2.24, 2.45) is 4.36 Å². The Balaban J connectivity index is 1.40. The monoisotopic (exact) mass is 593 g/mol. The van der Waals surface area contributed by atoms with Gasteiger partial charge in [-0.15, -0.1) is 0 Å². The summed E-state index contributed by atoms with van der Waals surface area (Å²) in [6.07, 6.45) is 4.53. The second-order valence-corrected chi connectivity index (χ2v) is 12.5. The minimum absolute atomic E-state index is 0.120. The molecule has 1 fully saturated rings. The summed E-state index contributed by atoms with van der Waals surface area (Å²) in [7, 11) is -3.01. The number of carbonyl (C=O) groups is 4. The van der Waals surface area contributed by atoms with Crippen LogP contribution in [0.2, 0.25) is 0 Å². The second-order valence-electron chi connectivity index (χ2n) is 9.65. The number of amides is 4. The Hall–Kier alpha value is -4.80. The molecule has 1 unspecified atom stereocenters. The predicted octanol–water partition coefficient (Wildman–Crippen LogP) is 3.21. The van der Waals surface area contributed by atoms with Crippen molar-refractivity contribution in [2.75, 3.05) is 29.9 Å². The lowest BCUT2D eigenvalue weighted by Gasteiger charge is -2.35. The largest absolute Gasteiger partial charge is 0.480 e. The number of pyridine rings is 1. The van der Waals surface area contributed by atoms with Crippen molar-refractivity contribution in [2.45, 2.75) is 26.3 Å². The van der Waals surface area contributed by atoms with Crippen LogP contribution in [0.1, 0.15) is 50.9 Å². The molecule has 1 atom stereocenters. The molecule has 220 valence electrons. The van der Waals surface area contributed by atoms with Crippen molar-refractivity contribution in [3.8, 4) is 11.8 Å². The molecule has 1 aromatic carbocycles. The van der Waals surface area contributed by atoms with Crippen molar-refractivity contribution < 1.29 is 33.3 Å². The first-order chi connectivity index (χ1) is 20.1. The normalized spacial score (nSPS) is 15.4. The number of aryl methyl sites for hydroxylation is 1. The Morgan fingerprint density at radius 2 is 1.86 bits per heavy atom. The zero-order valence-corrected chi connectivity index (χ0v) is 23.9. The number of anilines is 1. The summed E-state index contributed by atoms with van der Waals surface area (Å²) in [5, 5.41) is 14.4.